The van der Waals surface area contributed by atoms with Crippen molar-refractivity contribution in [3.63, 3.8) is 0 Å². The molecule has 0 radical (unpaired) electrons. The molecule has 1 aromatic carbocycles. The minimum atomic E-state index is -0.944. The van der Waals surface area contributed by atoms with Crippen LogP contribution >= 0.6 is 0 Å². The molecule has 0 aliphatic rings. The summed E-state index contributed by atoms with van der Waals surface area (Å²) in [6.45, 7) is 5.33. The molecule has 3 heteroatoms. The highest BCUT2D eigenvalue weighted by atomic mass is 28.2. The highest BCUT2D eigenvalue weighted by Gasteiger charge is 1.98. The summed E-state index contributed by atoms with van der Waals surface area (Å²) < 4.78 is 5.05. The van der Waals surface area contributed by atoms with Crippen LogP contribution in [0, 0.1) is 6.92 Å². The van der Waals surface area contributed by atoms with Crippen LogP contribution in [0.15, 0.2) is 42.7 Å². The predicted octanol–water partition coefficient (Wildman–Crippen LogP) is 0.588. The van der Waals surface area contributed by atoms with Crippen LogP contribution in [0.3, 0.4) is 0 Å². The molecule has 0 fully saturated rings. The lowest BCUT2D eigenvalue weighted by atomic mass is 10.2. The monoisotopic (exact) mass is 204 g/mol. The molecule has 0 spiro atoms. The Bertz CT molecular complexity index is 361. The lowest BCUT2D eigenvalue weighted by Gasteiger charge is -2.01. The van der Waals surface area contributed by atoms with Crippen molar-refractivity contribution in [1.29, 1.82) is 0 Å². The lowest BCUT2D eigenvalue weighted by molar-refractivity contribution is -0.128. The highest BCUT2D eigenvalue weighted by molar-refractivity contribution is 6.49. The number of hydrogen-bond acceptors (Lipinski definition) is 2. The van der Waals surface area contributed by atoms with E-state index in [2.05, 4.69) is 12.3 Å². The zero-order valence-electron chi connectivity index (χ0n) is 8.12. The van der Waals surface area contributed by atoms with E-state index >= 15 is 0 Å². The zero-order valence-corrected chi connectivity index (χ0v) is 9.53. The quantitative estimate of drug-likeness (QED) is 0.409. The van der Waals surface area contributed by atoms with Gasteiger partial charge in [-0.15, -0.1) is 5.73 Å². The summed E-state index contributed by atoms with van der Waals surface area (Å²) in [5, 5.41) is 1.11. The van der Waals surface area contributed by atoms with Gasteiger partial charge in [-0.25, -0.2) is 4.79 Å². The molecule has 0 saturated heterocycles. The van der Waals surface area contributed by atoms with Gasteiger partial charge < -0.3 is 4.43 Å². The fourth-order valence-electron chi connectivity index (χ4n) is 0.964. The number of aryl methyl sites for hydroxylation is 1. The van der Waals surface area contributed by atoms with E-state index in [0.717, 1.165) is 5.19 Å². The number of carbonyl (C=O) groups is 1. The van der Waals surface area contributed by atoms with Gasteiger partial charge in [0.15, 0.2) is 0 Å². The van der Waals surface area contributed by atoms with E-state index in [4.69, 9.17) is 4.43 Å². The van der Waals surface area contributed by atoms with Crippen molar-refractivity contribution in [3.05, 3.63) is 48.2 Å². The molecule has 0 bridgehead atoms. The largest absolute Gasteiger partial charge is 0.517 e. The van der Waals surface area contributed by atoms with Crippen LogP contribution in [0.1, 0.15) is 5.56 Å². The number of carbonyl (C=O) groups excluding carboxylic acids is 1. The Labute approximate surface area is 85.8 Å². The molecular weight excluding hydrogens is 192 g/mol. The molecule has 0 saturated carbocycles. The van der Waals surface area contributed by atoms with Crippen molar-refractivity contribution < 1.29 is 9.22 Å². The Hall–Kier alpha value is -1.57. The fourth-order valence-corrected chi connectivity index (χ4v) is 1.78. The van der Waals surface area contributed by atoms with Crippen LogP contribution in [-0.2, 0) is 9.22 Å². The van der Waals surface area contributed by atoms with Crippen molar-refractivity contribution in [2.24, 2.45) is 0 Å². The fraction of sp³-hybridized carbons (Fsp3) is 0.0909. The van der Waals surface area contributed by atoms with Crippen LogP contribution < -0.4 is 5.19 Å². The van der Waals surface area contributed by atoms with Gasteiger partial charge in [0, 0.05) is 0 Å². The molecule has 0 atom stereocenters. The lowest BCUT2D eigenvalue weighted by Crippen LogP contribution is -2.19. The number of rotatable bonds is 3. The number of hydrogen-bond donors (Lipinski definition) is 0. The van der Waals surface area contributed by atoms with E-state index in [1.54, 1.807) is 0 Å². The second kappa shape index (κ2) is 5.22. The normalized spacial score (nSPS) is 9.79. The molecule has 0 unspecified atom stereocenters. The molecule has 0 aromatic heterocycles. The van der Waals surface area contributed by atoms with E-state index < -0.39 is 9.76 Å². The smallest absolute Gasteiger partial charge is 0.325 e. The third-order valence-electron chi connectivity index (χ3n) is 1.72. The Morgan fingerprint density at radius 1 is 1.50 bits per heavy atom. The second-order valence-electron chi connectivity index (χ2n) is 2.94. The summed E-state index contributed by atoms with van der Waals surface area (Å²) in [7, 11) is -0.944. The molecule has 0 heterocycles. The van der Waals surface area contributed by atoms with E-state index in [9.17, 15) is 4.79 Å². The minimum Gasteiger partial charge on any atom is -0.517 e. The highest BCUT2D eigenvalue weighted by Crippen LogP contribution is 1.92. The van der Waals surface area contributed by atoms with Gasteiger partial charge in [-0.3, -0.25) is 0 Å². The summed E-state index contributed by atoms with van der Waals surface area (Å²) in [6, 6.07) is 8.01. The maximum absolute atomic E-state index is 10.9. The minimum absolute atomic E-state index is 0.354. The average molecular weight is 204 g/mol. The Morgan fingerprint density at radius 2 is 2.14 bits per heavy atom. The first-order valence-electron chi connectivity index (χ1n) is 4.30. The van der Waals surface area contributed by atoms with Crippen molar-refractivity contribution in [2.45, 2.75) is 6.92 Å². The third-order valence-corrected chi connectivity index (χ3v) is 2.96. The van der Waals surface area contributed by atoms with E-state index in [1.807, 2.05) is 31.2 Å². The van der Waals surface area contributed by atoms with Crippen molar-refractivity contribution in [2.75, 3.05) is 0 Å². The van der Waals surface area contributed by atoms with Gasteiger partial charge in [0.25, 0.3) is 9.76 Å². The van der Waals surface area contributed by atoms with Gasteiger partial charge >= 0.3 is 5.97 Å². The van der Waals surface area contributed by atoms with Crippen molar-refractivity contribution >= 4 is 20.9 Å². The predicted molar refractivity (Wildman–Crippen MR) is 59.2 cm³/mol. The Kier molecular flexibility index (Phi) is 3.92. The maximum atomic E-state index is 10.9. The Balaban J connectivity index is 2.49. The summed E-state index contributed by atoms with van der Waals surface area (Å²) in [5.74, 6) is -0.354. The van der Waals surface area contributed by atoms with Crippen molar-refractivity contribution in [3.8, 4) is 0 Å². The molecule has 0 N–H and O–H groups in total. The van der Waals surface area contributed by atoms with E-state index in [1.165, 1.54) is 11.6 Å². The molecule has 1 aromatic rings. The van der Waals surface area contributed by atoms with Crippen LogP contribution in [0.2, 0.25) is 0 Å². The SMILES string of the molecule is C=C=CC(=O)O[SiH2]c1ccc(C)cc1. The molecule has 0 aliphatic heterocycles. The molecular formula is C11H12O2Si. The molecule has 1 rings (SSSR count). The maximum Gasteiger partial charge on any atom is 0.325 e. The van der Waals surface area contributed by atoms with Crippen LogP contribution in [0.25, 0.3) is 0 Å². The molecule has 2 nitrogen and oxygen atoms in total. The first-order valence-corrected chi connectivity index (χ1v) is 5.59. The van der Waals surface area contributed by atoms with Crippen LogP contribution in [0.5, 0.6) is 0 Å². The van der Waals surface area contributed by atoms with Gasteiger partial charge in [0.2, 0.25) is 0 Å². The van der Waals surface area contributed by atoms with E-state index in [0.29, 0.717) is 0 Å². The first kappa shape index (κ1) is 10.5. The van der Waals surface area contributed by atoms with Gasteiger partial charge in [-0.1, -0.05) is 36.4 Å². The second-order valence-corrected chi connectivity index (χ2v) is 4.34. The van der Waals surface area contributed by atoms with Gasteiger partial charge in [-0.05, 0) is 12.1 Å². The van der Waals surface area contributed by atoms with Gasteiger partial charge in [0.1, 0.15) is 0 Å². The van der Waals surface area contributed by atoms with Crippen LogP contribution in [-0.4, -0.2) is 15.7 Å². The first-order chi connectivity index (χ1) is 6.72. The molecule has 14 heavy (non-hydrogen) atoms. The third kappa shape index (κ3) is 3.43. The summed E-state index contributed by atoms with van der Waals surface area (Å²) in [6.07, 6.45) is 1.21. The van der Waals surface area contributed by atoms with Crippen LogP contribution in [0.4, 0.5) is 0 Å². The molecule has 0 amide bonds. The average Bonchev–Trinajstić information content (AvgIpc) is 2.17. The topological polar surface area (TPSA) is 26.3 Å². The molecule has 72 valence electrons. The summed E-state index contributed by atoms with van der Waals surface area (Å²) >= 11 is 0. The standard InChI is InChI=1S/C11H12O2Si/c1-3-4-11(12)13-14-10-7-5-9(2)6-8-10/h4-8H,1,14H2,2H3. The van der Waals surface area contributed by atoms with Crippen molar-refractivity contribution in [1.82, 2.24) is 0 Å². The summed E-state index contributed by atoms with van der Waals surface area (Å²) in [4.78, 5) is 10.9. The van der Waals surface area contributed by atoms with Gasteiger partial charge in [0.05, 0.1) is 6.08 Å². The number of benzene rings is 1. The van der Waals surface area contributed by atoms with Gasteiger partial charge in [-0.2, -0.15) is 0 Å². The zero-order chi connectivity index (χ0) is 10.4. The van der Waals surface area contributed by atoms with E-state index in [-0.39, 0.29) is 5.97 Å². The molecule has 0 aliphatic carbocycles. The summed E-state index contributed by atoms with van der Waals surface area (Å²) in [5.41, 5.74) is 3.59. The Morgan fingerprint density at radius 3 is 2.71 bits per heavy atom.